The molecule has 2 heterocycles. The normalized spacial score (nSPS) is 15.0. The lowest BCUT2D eigenvalue weighted by atomic mass is 9.96. The van der Waals surface area contributed by atoms with Gasteiger partial charge in [0, 0.05) is 29.6 Å². The van der Waals surface area contributed by atoms with E-state index in [1.54, 1.807) is 17.0 Å². The highest BCUT2D eigenvalue weighted by molar-refractivity contribution is 7.18. The fourth-order valence-corrected chi connectivity index (χ4v) is 3.56. The Hall–Kier alpha value is -2.25. The molecule has 1 N–H and O–H groups in total. The smallest absolute Gasteiger partial charge is 0.245 e. The van der Waals surface area contributed by atoms with Crippen molar-refractivity contribution < 1.29 is 9.59 Å². The van der Waals surface area contributed by atoms with Crippen LogP contribution in [0.15, 0.2) is 36.9 Å². The quantitative estimate of drug-likeness (QED) is 0.831. The predicted molar refractivity (Wildman–Crippen MR) is 98.5 cm³/mol. The van der Waals surface area contributed by atoms with Crippen LogP contribution in [-0.2, 0) is 9.59 Å². The van der Waals surface area contributed by atoms with Crippen LogP contribution in [0.4, 0.5) is 5.13 Å². The van der Waals surface area contributed by atoms with E-state index in [-0.39, 0.29) is 17.7 Å². The summed E-state index contributed by atoms with van der Waals surface area (Å²) in [6.07, 6.45) is 2.57. The summed E-state index contributed by atoms with van der Waals surface area (Å²) in [5, 5.41) is 12.8. The molecule has 1 fully saturated rings. The minimum atomic E-state index is -0.128. The highest BCUT2D eigenvalue weighted by Crippen LogP contribution is 2.28. The van der Waals surface area contributed by atoms with Gasteiger partial charge in [0.1, 0.15) is 5.01 Å². The molecule has 25 heavy (non-hydrogen) atoms. The van der Waals surface area contributed by atoms with Crippen LogP contribution in [0.25, 0.3) is 10.6 Å². The molecule has 0 unspecified atom stereocenters. The topological polar surface area (TPSA) is 75.2 Å². The van der Waals surface area contributed by atoms with Crippen LogP contribution >= 0.6 is 22.9 Å². The Morgan fingerprint density at radius 2 is 1.92 bits per heavy atom. The molecule has 2 aromatic rings. The number of likely N-dealkylation sites (tertiary alicyclic amines) is 1. The summed E-state index contributed by atoms with van der Waals surface area (Å²) in [4.78, 5) is 25.7. The van der Waals surface area contributed by atoms with Gasteiger partial charge in [0.2, 0.25) is 16.9 Å². The molecule has 1 aromatic heterocycles. The van der Waals surface area contributed by atoms with Crippen molar-refractivity contribution in [3.63, 3.8) is 0 Å². The summed E-state index contributed by atoms with van der Waals surface area (Å²) in [5.74, 6) is -0.295. The molecule has 130 valence electrons. The van der Waals surface area contributed by atoms with E-state index in [1.165, 1.54) is 17.4 Å². The van der Waals surface area contributed by atoms with Crippen molar-refractivity contribution in [1.29, 1.82) is 0 Å². The van der Waals surface area contributed by atoms with Crippen LogP contribution in [0, 0.1) is 5.92 Å². The van der Waals surface area contributed by atoms with E-state index in [9.17, 15) is 9.59 Å². The molecule has 1 aliphatic rings. The van der Waals surface area contributed by atoms with Crippen LogP contribution < -0.4 is 5.32 Å². The van der Waals surface area contributed by atoms with E-state index >= 15 is 0 Å². The Morgan fingerprint density at radius 3 is 2.56 bits per heavy atom. The van der Waals surface area contributed by atoms with Gasteiger partial charge in [0.15, 0.2) is 0 Å². The Balaban J connectivity index is 1.58. The third-order valence-electron chi connectivity index (χ3n) is 4.10. The van der Waals surface area contributed by atoms with Gasteiger partial charge in [-0.1, -0.05) is 41.6 Å². The van der Waals surface area contributed by atoms with Crippen molar-refractivity contribution in [2.75, 3.05) is 18.4 Å². The second-order valence-electron chi connectivity index (χ2n) is 5.71. The van der Waals surface area contributed by atoms with Crippen molar-refractivity contribution in [2.24, 2.45) is 5.92 Å². The van der Waals surface area contributed by atoms with Crippen molar-refractivity contribution >= 4 is 39.9 Å². The molecular weight excluding hydrogens is 360 g/mol. The Kier molecular flexibility index (Phi) is 5.45. The number of amides is 2. The lowest BCUT2D eigenvalue weighted by molar-refractivity contribution is -0.130. The van der Waals surface area contributed by atoms with E-state index in [4.69, 9.17) is 11.6 Å². The van der Waals surface area contributed by atoms with Gasteiger partial charge in [-0.3, -0.25) is 9.59 Å². The summed E-state index contributed by atoms with van der Waals surface area (Å²) in [6.45, 7) is 4.62. The minimum absolute atomic E-state index is 0.0792. The molecule has 2 amide bonds. The summed E-state index contributed by atoms with van der Waals surface area (Å²) < 4.78 is 0. The molecular formula is C17H17ClN4O2S. The molecule has 0 aliphatic carbocycles. The van der Waals surface area contributed by atoms with Crippen molar-refractivity contribution in [3.05, 3.63) is 41.9 Å². The maximum atomic E-state index is 12.4. The van der Waals surface area contributed by atoms with Gasteiger partial charge >= 0.3 is 0 Å². The molecule has 0 atom stereocenters. The van der Waals surface area contributed by atoms with Gasteiger partial charge < -0.3 is 10.2 Å². The molecule has 0 radical (unpaired) electrons. The van der Waals surface area contributed by atoms with Crippen LogP contribution in [0.5, 0.6) is 0 Å². The number of hydrogen-bond acceptors (Lipinski definition) is 5. The Labute approximate surface area is 154 Å². The lowest BCUT2D eigenvalue weighted by Gasteiger charge is -2.30. The standard InChI is InChI=1S/C17H17ClN4O2S/c1-2-14(23)22-9-7-11(8-10-22)15(24)19-17-21-20-16(25-17)12-3-5-13(18)6-4-12/h2-6,11H,1,7-10H2,(H,19,21,24). The number of anilines is 1. The van der Waals surface area contributed by atoms with Crippen molar-refractivity contribution in [3.8, 4) is 10.6 Å². The van der Waals surface area contributed by atoms with E-state index in [1.807, 2.05) is 12.1 Å². The summed E-state index contributed by atoms with van der Waals surface area (Å²) >= 11 is 7.20. The number of rotatable bonds is 4. The molecule has 1 aromatic carbocycles. The van der Waals surface area contributed by atoms with E-state index in [2.05, 4.69) is 22.1 Å². The zero-order valence-corrected chi connectivity index (χ0v) is 15.0. The second-order valence-corrected chi connectivity index (χ2v) is 7.13. The zero-order chi connectivity index (χ0) is 17.8. The number of benzene rings is 1. The van der Waals surface area contributed by atoms with Gasteiger partial charge in [-0.15, -0.1) is 10.2 Å². The largest absolute Gasteiger partial charge is 0.339 e. The molecule has 8 heteroatoms. The number of nitrogens with one attached hydrogen (secondary N) is 1. The highest BCUT2D eigenvalue weighted by Gasteiger charge is 2.27. The van der Waals surface area contributed by atoms with E-state index in [0.29, 0.717) is 36.1 Å². The number of halogens is 1. The average molecular weight is 377 g/mol. The third kappa shape index (κ3) is 4.24. The number of piperidine rings is 1. The Bertz CT molecular complexity index is 782. The van der Waals surface area contributed by atoms with E-state index in [0.717, 1.165) is 10.6 Å². The first-order chi connectivity index (χ1) is 12.1. The van der Waals surface area contributed by atoms with Crippen molar-refractivity contribution in [2.45, 2.75) is 12.8 Å². The molecule has 1 aliphatic heterocycles. The first kappa shape index (κ1) is 17.6. The summed E-state index contributed by atoms with van der Waals surface area (Å²) in [5.41, 5.74) is 0.902. The lowest BCUT2D eigenvalue weighted by Crippen LogP contribution is -2.40. The van der Waals surface area contributed by atoms with Gasteiger partial charge in [-0.05, 0) is 31.1 Å². The van der Waals surface area contributed by atoms with Crippen LogP contribution in [0.1, 0.15) is 12.8 Å². The number of carbonyl (C=O) groups is 2. The maximum absolute atomic E-state index is 12.4. The van der Waals surface area contributed by atoms with Crippen LogP contribution in [0.2, 0.25) is 5.02 Å². The molecule has 3 rings (SSSR count). The Morgan fingerprint density at radius 1 is 1.24 bits per heavy atom. The number of aromatic nitrogens is 2. The first-order valence-corrected chi connectivity index (χ1v) is 9.08. The SMILES string of the molecule is C=CC(=O)N1CCC(C(=O)Nc2nnc(-c3ccc(Cl)cc3)s2)CC1. The molecule has 0 bridgehead atoms. The molecule has 0 spiro atoms. The average Bonchev–Trinajstić information content (AvgIpc) is 3.10. The van der Waals surface area contributed by atoms with Crippen LogP contribution in [-0.4, -0.2) is 40.0 Å². The van der Waals surface area contributed by atoms with Gasteiger partial charge in [0.25, 0.3) is 0 Å². The second kappa shape index (κ2) is 7.76. The van der Waals surface area contributed by atoms with Gasteiger partial charge in [0.05, 0.1) is 0 Å². The third-order valence-corrected chi connectivity index (χ3v) is 5.24. The van der Waals surface area contributed by atoms with Gasteiger partial charge in [-0.2, -0.15) is 0 Å². The fourth-order valence-electron chi connectivity index (χ4n) is 2.68. The zero-order valence-electron chi connectivity index (χ0n) is 13.4. The molecule has 0 saturated carbocycles. The monoisotopic (exact) mass is 376 g/mol. The molecule has 1 saturated heterocycles. The van der Waals surface area contributed by atoms with E-state index < -0.39 is 0 Å². The number of nitrogens with zero attached hydrogens (tertiary/aromatic N) is 3. The van der Waals surface area contributed by atoms with Crippen molar-refractivity contribution in [1.82, 2.24) is 15.1 Å². The predicted octanol–water partition coefficient (Wildman–Crippen LogP) is 3.22. The highest BCUT2D eigenvalue weighted by atomic mass is 35.5. The fraction of sp³-hybridized carbons (Fsp3) is 0.294. The van der Waals surface area contributed by atoms with Crippen LogP contribution in [0.3, 0.4) is 0 Å². The van der Waals surface area contributed by atoms with Gasteiger partial charge in [-0.25, -0.2) is 0 Å². The number of hydrogen-bond donors (Lipinski definition) is 1. The summed E-state index contributed by atoms with van der Waals surface area (Å²) in [7, 11) is 0. The first-order valence-electron chi connectivity index (χ1n) is 7.88. The molecule has 6 nitrogen and oxygen atoms in total. The minimum Gasteiger partial charge on any atom is -0.339 e. The number of carbonyl (C=O) groups excluding carboxylic acids is 2. The summed E-state index contributed by atoms with van der Waals surface area (Å²) in [6, 6.07) is 7.30. The maximum Gasteiger partial charge on any atom is 0.245 e.